The lowest BCUT2D eigenvalue weighted by atomic mass is 9.95. The molecule has 0 saturated heterocycles. The molecule has 3 aromatic rings. The quantitative estimate of drug-likeness (QED) is 0.725. The van der Waals surface area contributed by atoms with Crippen LogP contribution in [-0.4, -0.2) is 39.3 Å². The Morgan fingerprint density at radius 3 is 2.59 bits per heavy atom. The van der Waals surface area contributed by atoms with Gasteiger partial charge in [0.1, 0.15) is 5.69 Å². The van der Waals surface area contributed by atoms with Gasteiger partial charge in [-0.15, -0.1) is 0 Å². The molecule has 1 aliphatic carbocycles. The number of aryl methyl sites for hydroxylation is 1. The number of benzene rings is 1. The fourth-order valence-electron chi connectivity index (χ4n) is 3.58. The summed E-state index contributed by atoms with van der Waals surface area (Å²) >= 11 is 0. The van der Waals surface area contributed by atoms with Crippen molar-refractivity contribution in [2.75, 3.05) is 13.7 Å². The van der Waals surface area contributed by atoms with E-state index in [1.165, 1.54) is 17.8 Å². The summed E-state index contributed by atoms with van der Waals surface area (Å²) in [6.07, 6.45) is 5.54. The van der Waals surface area contributed by atoms with Crippen LogP contribution in [0, 0.1) is 0 Å². The molecule has 0 radical (unpaired) electrons. The first-order chi connectivity index (χ1) is 13.0. The van der Waals surface area contributed by atoms with Crippen molar-refractivity contribution in [1.29, 1.82) is 0 Å². The van der Waals surface area contributed by atoms with E-state index in [2.05, 4.69) is 34.2 Å². The van der Waals surface area contributed by atoms with E-state index in [1.807, 2.05) is 11.6 Å². The minimum atomic E-state index is -0.978. The summed E-state index contributed by atoms with van der Waals surface area (Å²) < 4.78 is 7.31. The predicted octanol–water partition coefficient (Wildman–Crippen LogP) is 3.53. The van der Waals surface area contributed by atoms with Gasteiger partial charge >= 0.3 is 5.97 Å². The van der Waals surface area contributed by atoms with Gasteiger partial charge in [0.2, 0.25) is 0 Å². The molecule has 6 heteroatoms. The zero-order valence-electron chi connectivity index (χ0n) is 15.3. The van der Waals surface area contributed by atoms with Gasteiger partial charge in [-0.1, -0.05) is 24.3 Å². The van der Waals surface area contributed by atoms with Crippen molar-refractivity contribution in [2.24, 2.45) is 7.05 Å². The Balaban J connectivity index is 1.72. The van der Waals surface area contributed by atoms with Crippen LogP contribution in [-0.2, 0) is 17.2 Å². The maximum atomic E-state index is 11.3. The van der Waals surface area contributed by atoms with Crippen molar-refractivity contribution >= 4 is 5.97 Å². The summed E-state index contributed by atoms with van der Waals surface area (Å²) in [5.74, 6) is -0.978. The summed E-state index contributed by atoms with van der Waals surface area (Å²) in [5, 5.41) is 9.24. The monoisotopic (exact) mass is 363 g/mol. The highest BCUT2D eigenvalue weighted by Crippen LogP contribution is 2.48. The molecule has 0 aliphatic heterocycles. The van der Waals surface area contributed by atoms with E-state index in [0.717, 1.165) is 30.7 Å². The molecule has 0 spiro atoms. The van der Waals surface area contributed by atoms with Crippen molar-refractivity contribution in [3.05, 3.63) is 60.0 Å². The second-order valence-electron chi connectivity index (χ2n) is 7.08. The van der Waals surface area contributed by atoms with Crippen molar-refractivity contribution in [2.45, 2.75) is 18.3 Å². The lowest BCUT2D eigenvalue weighted by Gasteiger charge is -2.15. The van der Waals surface area contributed by atoms with Crippen molar-refractivity contribution in [1.82, 2.24) is 14.5 Å². The number of rotatable bonds is 6. The molecule has 1 N–H and O–H groups in total. The van der Waals surface area contributed by atoms with Gasteiger partial charge < -0.3 is 14.4 Å². The second-order valence-corrected chi connectivity index (χ2v) is 7.08. The molecule has 0 unspecified atom stereocenters. The number of imidazole rings is 1. The third-order valence-electron chi connectivity index (χ3n) is 5.23. The summed E-state index contributed by atoms with van der Waals surface area (Å²) in [4.78, 5) is 20.1. The predicted molar refractivity (Wildman–Crippen MR) is 102 cm³/mol. The first kappa shape index (κ1) is 17.4. The van der Waals surface area contributed by atoms with E-state index in [-0.39, 0.29) is 11.0 Å². The number of hydrogen-bond donors (Lipinski definition) is 1. The maximum Gasteiger partial charge on any atom is 0.335 e. The lowest BCUT2D eigenvalue weighted by Crippen LogP contribution is -2.13. The standard InChI is InChI=1S/C21H21N3O3/c1-24-13-23-18(17-11-15(20(25)26)7-10-22-17)19(24)14-3-5-16(6-4-14)21(8-9-21)12-27-2/h3-7,10-11,13H,8-9,12H2,1-2H3,(H,25,26). The van der Waals surface area contributed by atoms with E-state index in [4.69, 9.17) is 4.74 Å². The normalized spacial score (nSPS) is 14.9. The number of methoxy groups -OCH3 is 1. The Labute approximate surface area is 157 Å². The average Bonchev–Trinajstić information content (AvgIpc) is 3.36. The van der Waals surface area contributed by atoms with Crippen LogP contribution < -0.4 is 0 Å². The minimum absolute atomic E-state index is 0.167. The highest BCUT2D eigenvalue weighted by molar-refractivity contribution is 5.89. The molecular weight excluding hydrogens is 342 g/mol. The van der Waals surface area contributed by atoms with E-state index in [9.17, 15) is 9.90 Å². The topological polar surface area (TPSA) is 77.2 Å². The number of nitrogens with zero attached hydrogens (tertiary/aromatic N) is 3. The van der Waals surface area contributed by atoms with Gasteiger partial charge in [0.15, 0.2) is 0 Å². The number of aromatic carboxylic acids is 1. The number of ether oxygens (including phenoxy) is 1. The Bertz CT molecular complexity index is 988. The van der Waals surface area contributed by atoms with Crippen LogP contribution in [0.2, 0.25) is 0 Å². The Morgan fingerprint density at radius 1 is 1.22 bits per heavy atom. The third-order valence-corrected chi connectivity index (χ3v) is 5.23. The molecule has 2 aromatic heterocycles. The van der Waals surface area contributed by atoms with Crippen molar-refractivity contribution < 1.29 is 14.6 Å². The average molecular weight is 363 g/mol. The summed E-state index contributed by atoms with van der Waals surface area (Å²) in [6, 6.07) is 11.5. The largest absolute Gasteiger partial charge is 0.478 e. The van der Waals surface area contributed by atoms with Gasteiger partial charge in [-0.3, -0.25) is 4.98 Å². The van der Waals surface area contributed by atoms with Gasteiger partial charge in [0.05, 0.1) is 29.9 Å². The second kappa shape index (κ2) is 6.63. The highest BCUT2D eigenvalue weighted by atomic mass is 16.5. The number of carboxylic acids is 1. The van der Waals surface area contributed by atoms with Gasteiger partial charge in [0, 0.05) is 31.3 Å². The Morgan fingerprint density at radius 2 is 1.96 bits per heavy atom. The zero-order valence-corrected chi connectivity index (χ0v) is 15.3. The van der Waals surface area contributed by atoms with Crippen molar-refractivity contribution in [3.8, 4) is 22.6 Å². The van der Waals surface area contributed by atoms with Crippen LogP contribution in [0.3, 0.4) is 0 Å². The first-order valence-electron chi connectivity index (χ1n) is 8.85. The molecule has 0 amide bonds. The van der Waals surface area contributed by atoms with Crippen LogP contribution in [0.4, 0.5) is 0 Å². The zero-order chi connectivity index (χ0) is 19.0. The van der Waals surface area contributed by atoms with Gasteiger partial charge in [-0.25, -0.2) is 9.78 Å². The maximum absolute atomic E-state index is 11.3. The number of carboxylic acid groups (broad SMARTS) is 1. The molecule has 1 aliphatic rings. The molecule has 27 heavy (non-hydrogen) atoms. The van der Waals surface area contributed by atoms with Crippen molar-refractivity contribution in [3.63, 3.8) is 0 Å². The molecule has 4 rings (SSSR count). The SMILES string of the molecule is COCC1(c2ccc(-c3c(-c4cc(C(=O)O)ccn4)ncn3C)cc2)CC1. The minimum Gasteiger partial charge on any atom is -0.478 e. The van der Waals surface area contributed by atoms with E-state index >= 15 is 0 Å². The number of pyridine rings is 1. The van der Waals surface area contributed by atoms with Gasteiger partial charge in [-0.05, 0) is 30.5 Å². The lowest BCUT2D eigenvalue weighted by molar-refractivity contribution is 0.0697. The Hall–Kier alpha value is -2.99. The Kier molecular flexibility index (Phi) is 4.28. The summed E-state index contributed by atoms with van der Waals surface area (Å²) in [5.41, 5.74) is 4.81. The summed E-state index contributed by atoms with van der Waals surface area (Å²) in [7, 11) is 3.67. The number of aromatic nitrogens is 3. The van der Waals surface area contributed by atoms with Crippen LogP contribution in [0.15, 0.2) is 48.9 Å². The number of hydrogen-bond acceptors (Lipinski definition) is 4. The molecule has 138 valence electrons. The molecule has 2 heterocycles. The third kappa shape index (κ3) is 3.13. The smallest absolute Gasteiger partial charge is 0.335 e. The highest BCUT2D eigenvalue weighted by Gasteiger charge is 2.44. The number of carbonyl (C=O) groups is 1. The van der Waals surface area contributed by atoms with Crippen LogP contribution in [0.1, 0.15) is 28.8 Å². The van der Waals surface area contributed by atoms with E-state index < -0.39 is 5.97 Å². The fourth-order valence-corrected chi connectivity index (χ4v) is 3.58. The van der Waals surface area contributed by atoms with Crippen LogP contribution in [0.5, 0.6) is 0 Å². The molecular formula is C21H21N3O3. The van der Waals surface area contributed by atoms with E-state index in [1.54, 1.807) is 19.5 Å². The molecule has 1 aromatic carbocycles. The van der Waals surface area contributed by atoms with Crippen LogP contribution >= 0.6 is 0 Å². The molecule has 1 fully saturated rings. The summed E-state index contributed by atoms with van der Waals surface area (Å²) in [6.45, 7) is 0.745. The fraction of sp³-hybridized carbons (Fsp3) is 0.286. The van der Waals surface area contributed by atoms with Gasteiger partial charge in [-0.2, -0.15) is 0 Å². The first-order valence-corrected chi connectivity index (χ1v) is 8.85. The molecule has 1 saturated carbocycles. The van der Waals surface area contributed by atoms with Gasteiger partial charge in [0.25, 0.3) is 0 Å². The van der Waals surface area contributed by atoms with Crippen LogP contribution in [0.25, 0.3) is 22.6 Å². The molecule has 6 nitrogen and oxygen atoms in total. The molecule has 0 bridgehead atoms. The molecule has 0 atom stereocenters. The van der Waals surface area contributed by atoms with E-state index in [0.29, 0.717) is 11.4 Å².